The SMILES string of the molecule is Cc1cc(N2CCCC2)cc2c1Nc1c(C)cc(N3CCN(S(=O)(=O)CC(F)(F)F)CC3)cc1S2. The molecule has 0 bridgehead atoms. The number of sulfonamides is 1. The lowest BCUT2D eigenvalue weighted by Crippen LogP contribution is -2.50. The lowest BCUT2D eigenvalue weighted by molar-refractivity contribution is -0.107. The van der Waals surface area contributed by atoms with Gasteiger partial charge in [0.1, 0.15) is 0 Å². The molecule has 3 aliphatic rings. The molecule has 0 radical (unpaired) electrons. The second-order valence-corrected chi connectivity index (χ2v) is 12.5. The van der Waals surface area contributed by atoms with Crippen LogP contribution < -0.4 is 15.1 Å². The first-order valence-electron chi connectivity index (χ1n) is 11.8. The predicted molar refractivity (Wildman–Crippen MR) is 135 cm³/mol. The number of fused-ring (bicyclic) bond motifs is 2. The summed E-state index contributed by atoms with van der Waals surface area (Å²) in [5, 5.41) is 3.62. The summed E-state index contributed by atoms with van der Waals surface area (Å²) >= 11 is 1.73. The molecule has 11 heteroatoms. The van der Waals surface area contributed by atoms with Gasteiger partial charge < -0.3 is 15.1 Å². The molecule has 2 fully saturated rings. The van der Waals surface area contributed by atoms with Crippen molar-refractivity contribution >= 4 is 44.5 Å². The maximum absolute atomic E-state index is 12.7. The molecule has 0 atom stereocenters. The third kappa shape index (κ3) is 5.08. The Morgan fingerprint density at radius 2 is 1.31 bits per heavy atom. The van der Waals surface area contributed by atoms with Crippen LogP contribution in [0.25, 0.3) is 0 Å². The molecular formula is C24H29F3N4O2S2. The van der Waals surface area contributed by atoms with Crippen molar-refractivity contribution in [3.8, 4) is 0 Å². The van der Waals surface area contributed by atoms with Gasteiger partial charge in [0, 0.05) is 60.4 Å². The van der Waals surface area contributed by atoms with Gasteiger partial charge in [-0.25, -0.2) is 8.42 Å². The lowest BCUT2D eigenvalue weighted by atomic mass is 10.1. The molecule has 0 amide bonds. The summed E-state index contributed by atoms with van der Waals surface area (Å²) in [6.07, 6.45) is -2.30. The van der Waals surface area contributed by atoms with Crippen LogP contribution in [0.4, 0.5) is 35.9 Å². The molecule has 6 nitrogen and oxygen atoms in total. The Hall–Kier alpha value is -2.11. The molecule has 2 saturated heterocycles. The standard InChI is InChI=1S/C24H29F3N4O2S2/c1-16-11-18(29-5-3-4-6-29)13-20-22(16)28-23-17(2)12-19(14-21(23)34-20)30-7-9-31(10-8-30)35(32,33)15-24(25,26)27/h11-14,28H,3-10,15H2,1-2H3. The van der Waals surface area contributed by atoms with Crippen LogP contribution in [-0.2, 0) is 10.0 Å². The van der Waals surface area contributed by atoms with E-state index < -0.39 is 22.0 Å². The topological polar surface area (TPSA) is 55.9 Å². The van der Waals surface area contributed by atoms with E-state index in [-0.39, 0.29) is 13.1 Å². The number of nitrogens with zero attached hydrogens (tertiary/aromatic N) is 3. The van der Waals surface area contributed by atoms with E-state index in [0.717, 1.165) is 44.9 Å². The molecule has 0 saturated carbocycles. The number of aryl methyl sites for hydroxylation is 2. The van der Waals surface area contributed by atoms with Crippen molar-refractivity contribution in [2.75, 3.05) is 60.1 Å². The average Bonchev–Trinajstić information content (AvgIpc) is 3.31. The fraction of sp³-hybridized carbons (Fsp3) is 0.500. The number of rotatable bonds is 4. The average molecular weight is 527 g/mol. The Labute approximate surface area is 208 Å². The minimum atomic E-state index is -4.74. The minimum absolute atomic E-state index is 0.0428. The van der Waals surface area contributed by atoms with E-state index in [4.69, 9.17) is 0 Å². The summed E-state index contributed by atoms with van der Waals surface area (Å²) in [6, 6.07) is 8.66. The third-order valence-corrected chi connectivity index (χ3v) is 9.78. The Balaban J connectivity index is 1.34. The van der Waals surface area contributed by atoms with Gasteiger partial charge in [0.05, 0.1) is 11.4 Å². The van der Waals surface area contributed by atoms with Gasteiger partial charge in [-0.2, -0.15) is 17.5 Å². The smallest absolute Gasteiger partial charge is 0.371 e. The second-order valence-electron chi connectivity index (χ2n) is 9.45. The molecular weight excluding hydrogens is 497 g/mol. The number of halogens is 3. The van der Waals surface area contributed by atoms with Crippen LogP contribution in [0, 0.1) is 13.8 Å². The summed E-state index contributed by atoms with van der Waals surface area (Å²) in [5.41, 5.74) is 6.69. The highest BCUT2D eigenvalue weighted by molar-refractivity contribution is 7.99. The summed E-state index contributed by atoms with van der Waals surface area (Å²) in [4.78, 5) is 6.75. The van der Waals surface area contributed by atoms with Crippen LogP contribution in [0.15, 0.2) is 34.1 Å². The number of hydrogen-bond donors (Lipinski definition) is 1. The van der Waals surface area contributed by atoms with Gasteiger partial charge in [0.15, 0.2) is 5.75 Å². The van der Waals surface area contributed by atoms with E-state index in [1.807, 2.05) is 6.92 Å². The van der Waals surface area contributed by atoms with E-state index >= 15 is 0 Å². The Morgan fingerprint density at radius 1 is 0.829 bits per heavy atom. The molecule has 0 unspecified atom stereocenters. The predicted octanol–water partition coefficient (Wildman–Crippen LogP) is 5.13. The zero-order chi connectivity index (χ0) is 25.0. The maximum Gasteiger partial charge on any atom is 0.404 e. The fourth-order valence-electron chi connectivity index (χ4n) is 5.06. The largest absolute Gasteiger partial charge is 0.404 e. The van der Waals surface area contributed by atoms with Crippen LogP contribution in [0.1, 0.15) is 24.0 Å². The van der Waals surface area contributed by atoms with Crippen molar-refractivity contribution in [3.63, 3.8) is 0 Å². The molecule has 2 aromatic rings. The van der Waals surface area contributed by atoms with Gasteiger partial charge in [-0.3, -0.25) is 0 Å². The quantitative estimate of drug-likeness (QED) is 0.509. The summed E-state index contributed by atoms with van der Waals surface area (Å²) in [5.74, 6) is -1.81. The number of alkyl halides is 3. The first kappa shape index (κ1) is 24.6. The first-order chi connectivity index (χ1) is 16.5. The van der Waals surface area contributed by atoms with E-state index in [2.05, 4.69) is 46.3 Å². The van der Waals surface area contributed by atoms with Crippen molar-refractivity contribution < 1.29 is 21.6 Å². The van der Waals surface area contributed by atoms with Gasteiger partial charge in [-0.15, -0.1) is 0 Å². The lowest BCUT2D eigenvalue weighted by Gasteiger charge is -2.36. The molecule has 190 valence electrons. The number of hydrogen-bond acceptors (Lipinski definition) is 6. The van der Waals surface area contributed by atoms with E-state index in [1.54, 1.807) is 11.8 Å². The molecule has 5 rings (SSSR count). The molecule has 1 N–H and O–H groups in total. The Bertz CT molecular complexity index is 1240. The van der Waals surface area contributed by atoms with Gasteiger partial charge >= 0.3 is 6.18 Å². The summed E-state index contributed by atoms with van der Waals surface area (Å²) in [6.45, 7) is 7.13. The van der Waals surface area contributed by atoms with E-state index in [1.165, 1.54) is 29.0 Å². The summed E-state index contributed by atoms with van der Waals surface area (Å²) in [7, 11) is -4.35. The van der Waals surface area contributed by atoms with Crippen molar-refractivity contribution in [2.24, 2.45) is 0 Å². The number of benzene rings is 2. The summed E-state index contributed by atoms with van der Waals surface area (Å²) < 4.78 is 63.2. The maximum atomic E-state index is 12.7. The zero-order valence-corrected chi connectivity index (χ0v) is 21.4. The fourth-order valence-corrected chi connectivity index (χ4v) is 7.60. The van der Waals surface area contributed by atoms with Gasteiger partial charge in [-0.05, 0) is 62.1 Å². The molecule has 35 heavy (non-hydrogen) atoms. The highest BCUT2D eigenvalue weighted by atomic mass is 32.2. The van der Waals surface area contributed by atoms with Crippen molar-refractivity contribution in [1.82, 2.24) is 4.31 Å². The van der Waals surface area contributed by atoms with Gasteiger partial charge in [0.25, 0.3) is 0 Å². The number of anilines is 4. The zero-order valence-electron chi connectivity index (χ0n) is 19.8. The Morgan fingerprint density at radius 3 is 1.80 bits per heavy atom. The molecule has 3 aliphatic heterocycles. The van der Waals surface area contributed by atoms with Crippen LogP contribution in [0.3, 0.4) is 0 Å². The molecule has 2 aromatic carbocycles. The molecule has 0 aliphatic carbocycles. The van der Waals surface area contributed by atoms with Crippen LogP contribution in [0.2, 0.25) is 0 Å². The van der Waals surface area contributed by atoms with Gasteiger partial charge in [-0.1, -0.05) is 11.8 Å². The molecule has 0 spiro atoms. The van der Waals surface area contributed by atoms with Gasteiger partial charge in [0.2, 0.25) is 10.0 Å². The molecule has 3 heterocycles. The van der Waals surface area contributed by atoms with Crippen LogP contribution in [0.5, 0.6) is 0 Å². The Kier molecular flexibility index (Phi) is 6.38. The van der Waals surface area contributed by atoms with E-state index in [9.17, 15) is 21.6 Å². The normalized spacial score (nSPS) is 18.9. The monoisotopic (exact) mass is 526 g/mol. The highest BCUT2D eigenvalue weighted by Crippen LogP contribution is 2.49. The number of piperazine rings is 1. The van der Waals surface area contributed by atoms with Crippen molar-refractivity contribution in [3.05, 3.63) is 35.4 Å². The van der Waals surface area contributed by atoms with Crippen LogP contribution in [-0.4, -0.2) is 63.9 Å². The highest BCUT2D eigenvalue weighted by Gasteiger charge is 2.39. The molecule has 0 aromatic heterocycles. The van der Waals surface area contributed by atoms with Crippen LogP contribution >= 0.6 is 11.8 Å². The van der Waals surface area contributed by atoms with Crippen molar-refractivity contribution in [1.29, 1.82) is 0 Å². The third-order valence-electron chi connectivity index (χ3n) is 6.85. The number of nitrogens with one attached hydrogen (secondary N) is 1. The first-order valence-corrected chi connectivity index (χ1v) is 14.2. The van der Waals surface area contributed by atoms with Crippen molar-refractivity contribution in [2.45, 2.75) is 42.7 Å². The van der Waals surface area contributed by atoms with E-state index in [0.29, 0.717) is 13.1 Å². The second kappa shape index (κ2) is 9.08. The minimum Gasteiger partial charge on any atom is -0.371 e.